The summed E-state index contributed by atoms with van der Waals surface area (Å²) < 4.78 is 0. The summed E-state index contributed by atoms with van der Waals surface area (Å²) in [6, 6.07) is 9.47. The maximum absolute atomic E-state index is 12.2. The third-order valence-electron chi connectivity index (χ3n) is 2.35. The Kier molecular flexibility index (Phi) is 4.36. The molecule has 0 aliphatic heterocycles. The molecule has 96 valence electrons. The van der Waals surface area contributed by atoms with Crippen molar-refractivity contribution in [3.63, 3.8) is 0 Å². The Morgan fingerprint density at radius 3 is 2.22 bits per heavy atom. The van der Waals surface area contributed by atoms with Crippen molar-refractivity contribution >= 4 is 19.7 Å². The van der Waals surface area contributed by atoms with Crippen LogP contribution in [-0.4, -0.2) is 14.0 Å². The molecule has 1 amide bonds. The average Bonchev–Trinajstić information content (AvgIpc) is 2.27. The van der Waals surface area contributed by atoms with E-state index in [1.807, 2.05) is 44.2 Å². The van der Waals surface area contributed by atoms with E-state index in [2.05, 4.69) is 36.4 Å². The molecule has 2 nitrogen and oxygen atoms in total. The Hall–Kier alpha value is -1.53. The lowest BCUT2D eigenvalue weighted by Gasteiger charge is -2.18. The number of hydrogen-bond donors (Lipinski definition) is 1. The summed E-state index contributed by atoms with van der Waals surface area (Å²) >= 11 is 0. The van der Waals surface area contributed by atoms with Gasteiger partial charge in [-0.25, -0.2) is 0 Å². The highest BCUT2D eigenvalue weighted by atomic mass is 28.3. The number of anilines is 1. The molecule has 0 aliphatic carbocycles. The summed E-state index contributed by atoms with van der Waals surface area (Å²) in [5, 5.41) is 2.89. The van der Waals surface area contributed by atoms with Crippen LogP contribution in [0.25, 0.3) is 0 Å². The maximum Gasteiger partial charge on any atom is 0.242 e. The monoisotopic (exact) mass is 259 g/mol. The molecule has 0 radical (unpaired) electrons. The van der Waals surface area contributed by atoms with Gasteiger partial charge in [0.1, 0.15) is 13.5 Å². The summed E-state index contributed by atoms with van der Waals surface area (Å²) in [4.78, 5) is 12.2. The first kappa shape index (κ1) is 14.5. The number of nitrogens with one attached hydrogen (secondary N) is 1. The van der Waals surface area contributed by atoms with Crippen molar-refractivity contribution in [1.29, 1.82) is 0 Å². The van der Waals surface area contributed by atoms with E-state index in [1.165, 1.54) is 0 Å². The van der Waals surface area contributed by atoms with E-state index in [-0.39, 0.29) is 5.91 Å². The van der Waals surface area contributed by atoms with Crippen molar-refractivity contribution in [2.45, 2.75) is 33.5 Å². The molecule has 3 heteroatoms. The molecule has 1 rings (SSSR count). The molecule has 1 aromatic carbocycles. The Morgan fingerprint density at radius 2 is 1.72 bits per heavy atom. The highest BCUT2D eigenvalue weighted by Crippen LogP contribution is 2.18. The van der Waals surface area contributed by atoms with Crippen LogP contribution in [0, 0.1) is 16.9 Å². The summed E-state index contributed by atoms with van der Waals surface area (Å²) in [5.74, 6) is 3.06. The Balaban J connectivity index is 2.79. The molecular weight excluding hydrogens is 238 g/mol. The SMILES string of the molecule is CC(C)(C#C[Si](C)(C)C)C(=O)Nc1ccccc1. The normalized spacial score (nSPS) is 11.4. The molecule has 0 unspecified atom stereocenters. The quantitative estimate of drug-likeness (QED) is 0.639. The van der Waals surface area contributed by atoms with E-state index in [4.69, 9.17) is 0 Å². The molecule has 0 bridgehead atoms. The lowest BCUT2D eigenvalue weighted by molar-refractivity contribution is -0.121. The summed E-state index contributed by atoms with van der Waals surface area (Å²) in [5.41, 5.74) is 3.41. The molecule has 0 saturated carbocycles. The van der Waals surface area contributed by atoms with Crippen LogP contribution in [0.2, 0.25) is 19.6 Å². The molecular formula is C15H21NOSi. The van der Waals surface area contributed by atoms with Crippen LogP contribution >= 0.6 is 0 Å². The Morgan fingerprint density at radius 1 is 1.17 bits per heavy atom. The minimum Gasteiger partial charge on any atom is -0.325 e. The molecule has 0 atom stereocenters. The third-order valence-corrected chi connectivity index (χ3v) is 3.22. The molecule has 18 heavy (non-hydrogen) atoms. The van der Waals surface area contributed by atoms with Crippen molar-refractivity contribution in [2.75, 3.05) is 5.32 Å². The van der Waals surface area contributed by atoms with Crippen LogP contribution in [0.1, 0.15) is 13.8 Å². The van der Waals surface area contributed by atoms with E-state index in [9.17, 15) is 4.79 Å². The van der Waals surface area contributed by atoms with Gasteiger partial charge in [-0.3, -0.25) is 4.79 Å². The zero-order chi connectivity index (χ0) is 13.8. The predicted molar refractivity (Wildman–Crippen MR) is 80.0 cm³/mol. The molecule has 0 aromatic heterocycles. The fourth-order valence-electron chi connectivity index (χ4n) is 1.21. The minimum atomic E-state index is -1.45. The number of carbonyl (C=O) groups is 1. The first-order chi connectivity index (χ1) is 8.21. The van der Waals surface area contributed by atoms with Crippen LogP contribution < -0.4 is 5.32 Å². The lowest BCUT2D eigenvalue weighted by Crippen LogP contribution is -2.30. The number of benzene rings is 1. The van der Waals surface area contributed by atoms with Gasteiger partial charge in [0.2, 0.25) is 5.91 Å². The van der Waals surface area contributed by atoms with E-state index in [0.29, 0.717) is 0 Å². The van der Waals surface area contributed by atoms with Gasteiger partial charge in [0.05, 0.1) is 0 Å². The molecule has 0 heterocycles. The van der Waals surface area contributed by atoms with Crippen LogP contribution in [0.4, 0.5) is 5.69 Å². The number of para-hydroxylation sites is 1. The van der Waals surface area contributed by atoms with Crippen LogP contribution in [0.5, 0.6) is 0 Å². The van der Waals surface area contributed by atoms with Crippen LogP contribution in [0.3, 0.4) is 0 Å². The summed E-state index contributed by atoms with van der Waals surface area (Å²) in [6.07, 6.45) is 0. The van der Waals surface area contributed by atoms with E-state index < -0.39 is 13.5 Å². The molecule has 0 saturated heterocycles. The Bertz CT molecular complexity index is 475. The standard InChI is InChI=1S/C15H21NOSi/c1-15(2,11-12-18(3,4)5)14(17)16-13-9-7-6-8-10-13/h6-10H,1-5H3,(H,16,17). The smallest absolute Gasteiger partial charge is 0.242 e. The molecule has 0 aliphatic rings. The minimum absolute atomic E-state index is 0.0561. The summed E-state index contributed by atoms with van der Waals surface area (Å²) in [6.45, 7) is 10.2. The Labute approximate surface area is 111 Å². The van der Waals surface area contributed by atoms with Gasteiger partial charge in [-0.15, -0.1) is 5.54 Å². The van der Waals surface area contributed by atoms with E-state index in [1.54, 1.807) is 0 Å². The first-order valence-corrected chi connectivity index (χ1v) is 9.61. The van der Waals surface area contributed by atoms with E-state index in [0.717, 1.165) is 5.69 Å². The maximum atomic E-state index is 12.2. The first-order valence-electron chi connectivity index (χ1n) is 6.11. The van der Waals surface area contributed by atoms with Gasteiger partial charge in [-0.2, -0.15) is 0 Å². The topological polar surface area (TPSA) is 29.1 Å². The van der Waals surface area contributed by atoms with Gasteiger partial charge in [0, 0.05) is 5.69 Å². The molecule has 1 aromatic rings. The fourth-order valence-corrected chi connectivity index (χ4v) is 1.90. The summed E-state index contributed by atoms with van der Waals surface area (Å²) in [7, 11) is -1.45. The highest BCUT2D eigenvalue weighted by molar-refractivity contribution is 6.83. The number of amides is 1. The predicted octanol–water partition coefficient (Wildman–Crippen LogP) is 3.53. The van der Waals surface area contributed by atoms with Gasteiger partial charge in [0.25, 0.3) is 0 Å². The van der Waals surface area contributed by atoms with Gasteiger partial charge in [-0.05, 0) is 26.0 Å². The van der Waals surface area contributed by atoms with Crippen molar-refractivity contribution in [3.8, 4) is 11.5 Å². The highest BCUT2D eigenvalue weighted by Gasteiger charge is 2.25. The van der Waals surface area contributed by atoms with Crippen molar-refractivity contribution < 1.29 is 4.79 Å². The van der Waals surface area contributed by atoms with Gasteiger partial charge in [0.15, 0.2) is 0 Å². The lowest BCUT2D eigenvalue weighted by atomic mass is 9.93. The van der Waals surface area contributed by atoms with Gasteiger partial charge in [-0.1, -0.05) is 43.8 Å². The molecule has 0 fully saturated rings. The number of carbonyl (C=O) groups excluding carboxylic acids is 1. The zero-order valence-electron chi connectivity index (χ0n) is 11.8. The average molecular weight is 259 g/mol. The molecule has 0 spiro atoms. The zero-order valence-corrected chi connectivity index (χ0v) is 12.8. The number of rotatable bonds is 2. The van der Waals surface area contributed by atoms with Crippen LogP contribution in [-0.2, 0) is 4.79 Å². The number of hydrogen-bond acceptors (Lipinski definition) is 1. The second-order valence-electron chi connectivity index (χ2n) is 5.95. The third kappa shape index (κ3) is 4.76. The van der Waals surface area contributed by atoms with E-state index >= 15 is 0 Å². The van der Waals surface area contributed by atoms with Gasteiger partial charge < -0.3 is 5.32 Å². The van der Waals surface area contributed by atoms with Crippen molar-refractivity contribution in [3.05, 3.63) is 30.3 Å². The van der Waals surface area contributed by atoms with Gasteiger partial charge >= 0.3 is 0 Å². The van der Waals surface area contributed by atoms with Crippen LogP contribution in [0.15, 0.2) is 30.3 Å². The largest absolute Gasteiger partial charge is 0.325 e. The molecule has 1 N–H and O–H groups in total. The second kappa shape index (κ2) is 5.41. The second-order valence-corrected chi connectivity index (χ2v) is 10.7. The van der Waals surface area contributed by atoms with Crippen molar-refractivity contribution in [1.82, 2.24) is 0 Å². The van der Waals surface area contributed by atoms with Crippen molar-refractivity contribution in [2.24, 2.45) is 5.41 Å². The fraction of sp³-hybridized carbons (Fsp3) is 0.400.